The van der Waals surface area contributed by atoms with Crippen LogP contribution in [0.1, 0.15) is 30.8 Å². The second kappa shape index (κ2) is 6.27. The molecule has 6 nitrogen and oxygen atoms in total. The van der Waals surface area contributed by atoms with Gasteiger partial charge in [0.25, 0.3) is 0 Å². The Hall–Kier alpha value is -2.24. The second-order valence-electron chi connectivity index (χ2n) is 4.76. The summed E-state index contributed by atoms with van der Waals surface area (Å²) in [4.78, 5) is 22.0. The topological polar surface area (TPSA) is 63.9 Å². The van der Waals surface area contributed by atoms with Gasteiger partial charge < -0.3 is 4.90 Å². The number of carbonyl (C=O) groups is 1. The Morgan fingerprint density at radius 1 is 1.40 bits per heavy atom. The van der Waals surface area contributed by atoms with Crippen LogP contribution in [0.2, 0.25) is 0 Å². The third-order valence-electron chi connectivity index (χ3n) is 3.47. The molecular weight excluding hydrogens is 254 g/mol. The fourth-order valence-corrected chi connectivity index (χ4v) is 1.97. The maximum atomic E-state index is 12.2. The van der Waals surface area contributed by atoms with Crippen molar-refractivity contribution in [1.82, 2.24) is 24.6 Å². The van der Waals surface area contributed by atoms with Gasteiger partial charge in [0.05, 0.1) is 11.7 Å². The van der Waals surface area contributed by atoms with Crippen LogP contribution in [0.4, 0.5) is 0 Å². The second-order valence-corrected chi connectivity index (χ2v) is 4.76. The van der Waals surface area contributed by atoms with Crippen molar-refractivity contribution in [2.75, 3.05) is 7.05 Å². The highest BCUT2D eigenvalue weighted by Gasteiger charge is 2.18. The van der Waals surface area contributed by atoms with E-state index < -0.39 is 0 Å². The fourth-order valence-electron chi connectivity index (χ4n) is 1.97. The van der Waals surface area contributed by atoms with Crippen molar-refractivity contribution in [2.24, 2.45) is 0 Å². The number of rotatable bonds is 5. The maximum Gasteiger partial charge on any atom is 0.224 e. The van der Waals surface area contributed by atoms with E-state index in [4.69, 9.17) is 0 Å². The lowest BCUT2D eigenvalue weighted by Gasteiger charge is -2.24. The molecule has 0 aromatic carbocycles. The van der Waals surface area contributed by atoms with Crippen LogP contribution in [0.25, 0.3) is 0 Å². The van der Waals surface area contributed by atoms with E-state index >= 15 is 0 Å². The van der Waals surface area contributed by atoms with Gasteiger partial charge in [-0.05, 0) is 26.0 Å². The van der Waals surface area contributed by atoms with E-state index in [0.29, 0.717) is 13.0 Å². The van der Waals surface area contributed by atoms with Crippen LogP contribution in [-0.2, 0) is 11.3 Å². The maximum absolute atomic E-state index is 12.2. The van der Waals surface area contributed by atoms with Crippen molar-refractivity contribution in [2.45, 2.75) is 32.9 Å². The minimum absolute atomic E-state index is 0.0655. The summed E-state index contributed by atoms with van der Waals surface area (Å²) in [5.74, 6) is 0.0750. The molecule has 0 saturated heterocycles. The third-order valence-corrected chi connectivity index (χ3v) is 3.47. The summed E-state index contributed by atoms with van der Waals surface area (Å²) in [5, 5.41) is 4.18. The van der Waals surface area contributed by atoms with Crippen molar-refractivity contribution < 1.29 is 4.79 Å². The van der Waals surface area contributed by atoms with Crippen LogP contribution >= 0.6 is 0 Å². The van der Waals surface area contributed by atoms with E-state index in [1.807, 2.05) is 30.7 Å². The molecule has 6 heteroatoms. The molecule has 2 heterocycles. The molecule has 0 aliphatic rings. The SMILES string of the molecule is Cc1ccnn1CCC(=O)N(C)[C@@H](C)c1ccncn1. The highest BCUT2D eigenvalue weighted by molar-refractivity contribution is 5.76. The largest absolute Gasteiger partial charge is 0.337 e. The van der Waals surface area contributed by atoms with E-state index in [1.165, 1.54) is 6.33 Å². The lowest BCUT2D eigenvalue weighted by atomic mass is 10.2. The average Bonchev–Trinajstić information content (AvgIpc) is 2.89. The molecule has 2 aromatic heterocycles. The van der Waals surface area contributed by atoms with Gasteiger partial charge in [0.15, 0.2) is 0 Å². The molecule has 2 rings (SSSR count). The van der Waals surface area contributed by atoms with Gasteiger partial charge >= 0.3 is 0 Å². The Kier molecular flexibility index (Phi) is 4.45. The molecule has 106 valence electrons. The molecule has 0 spiro atoms. The van der Waals surface area contributed by atoms with Gasteiger partial charge in [0.1, 0.15) is 6.33 Å². The molecule has 0 saturated carbocycles. The van der Waals surface area contributed by atoms with Crippen molar-refractivity contribution in [1.29, 1.82) is 0 Å². The molecule has 0 bridgehead atoms. The first-order valence-electron chi connectivity index (χ1n) is 6.59. The average molecular weight is 273 g/mol. The normalized spacial score (nSPS) is 12.2. The quantitative estimate of drug-likeness (QED) is 0.830. The summed E-state index contributed by atoms with van der Waals surface area (Å²) >= 11 is 0. The highest BCUT2D eigenvalue weighted by atomic mass is 16.2. The zero-order chi connectivity index (χ0) is 14.5. The number of hydrogen-bond acceptors (Lipinski definition) is 4. The zero-order valence-corrected chi connectivity index (χ0v) is 12.0. The van der Waals surface area contributed by atoms with E-state index in [1.54, 1.807) is 24.3 Å². The minimum Gasteiger partial charge on any atom is -0.337 e. The van der Waals surface area contributed by atoms with Crippen LogP contribution in [-0.4, -0.2) is 37.6 Å². The minimum atomic E-state index is -0.0655. The smallest absolute Gasteiger partial charge is 0.224 e. The van der Waals surface area contributed by atoms with Gasteiger partial charge in [-0.25, -0.2) is 9.97 Å². The van der Waals surface area contributed by atoms with Crippen LogP contribution in [0.3, 0.4) is 0 Å². The molecule has 1 atom stereocenters. The van der Waals surface area contributed by atoms with E-state index in [2.05, 4.69) is 15.1 Å². The lowest BCUT2D eigenvalue weighted by Crippen LogP contribution is -2.31. The first-order chi connectivity index (χ1) is 9.59. The number of hydrogen-bond donors (Lipinski definition) is 0. The Bertz CT molecular complexity index is 566. The van der Waals surface area contributed by atoms with Crippen molar-refractivity contribution in [3.63, 3.8) is 0 Å². The first-order valence-corrected chi connectivity index (χ1v) is 6.59. The van der Waals surface area contributed by atoms with Gasteiger partial charge in [-0.1, -0.05) is 0 Å². The number of carbonyl (C=O) groups excluding carboxylic acids is 1. The number of aromatic nitrogens is 4. The van der Waals surface area contributed by atoms with Crippen LogP contribution in [0, 0.1) is 6.92 Å². The van der Waals surface area contributed by atoms with Crippen molar-refractivity contribution >= 4 is 5.91 Å². The molecule has 20 heavy (non-hydrogen) atoms. The van der Waals surface area contributed by atoms with Crippen LogP contribution in [0.5, 0.6) is 0 Å². The zero-order valence-electron chi connectivity index (χ0n) is 12.0. The molecule has 0 fully saturated rings. The molecule has 1 amide bonds. The van der Waals surface area contributed by atoms with Crippen LogP contribution < -0.4 is 0 Å². The molecule has 0 aliphatic heterocycles. The fraction of sp³-hybridized carbons (Fsp3) is 0.429. The third kappa shape index (κ3) is 3.20. The molecule has 0 aliphatic carbocycles. The standard InChI is InChI=1S/C14H19N5O/c1-11-4-8-17-19(11)9-6-14(20)18(3)12(2)13-5-7-15-10-16-13/h4-5,7-8,10,12H,6,9H2,1-3H3/t12-/m0/s1. The molecule has 2 aromatic rings. The van der Waals surface area contributed by atoms with Crippen molar-refractivity contribution in [3.8, 4) is 0 Å². The molecular formula is C14H19N5O. The number of nitrogens with zero attached hydrogens (tertiary/aromatic N) is 5. The Morgan fingerprint density at radius 2 is 2.20 bits per heavy atom. The van der Waals surface area contributed by atoms with E-state index in [0.717, 1.165) is 11.4 Å². The van der Waals surface area contributed by atoms with Gasteiger partial charge in [-0.15, -0.1) is 0 Å². The summed E-state index contributed by atoms with van der Waals surface area (Å²) in [6.07, 6.45) is 5.35. The number of amides is 1. The summed E-state index contributed by atoms with van der Waals surface area (Å²) in [6.45, 7) is 4.53. The first kappa shape index (κ1) is 14.2. The van der Waals surface area contributed by atoms with Gasteiger partial charge in [-0.2, -0.15) is 5.10 Å². The lowest BCUT2D eigenvalue weighted by molar-refractivity contribution is -0.132. The summed E-state index contributed by atoms with van der Waals surface area (Å²) < 4.78 is 1.83. The van der Waals surface area contributed by atoms with E-state index in [9.17, 15) is 4.79 Å². The van der Waals surface area contributed by atoms with Crippen molar-refractivity contribution in [3.05, 3.63) is 42.2 Å². The summed E-state index contributed by atoms with van der Waals surface area (Å²) in [5.41, 5.74) is 1.90. The Balaban J connectivity index is 1.93. The van der Waals surface area contributed by atoms with E-state index in [-0.39, 0.29) is 11.9 Å². The van der Waals surface area contributed by atoms with Gasteiger partial charge in [-0.3, -0.25) is 9.48 Å². The number of aryl methyl sites for hydroxylation is 2. The Labute approximate surface area is 118 Å². The predicted molar refractivity (Wildman–Crippen MR) is 74.8 cm³/mol. The monoisotopic (exact) mass is 273 g/mol. The summed E-state index contributed by atoms with van der Waals surface area (Å²) in [7, 11) is 1.80. The Morgan fingerprint density at radius 3 is 2.80 bits per heavy atom. The summed E-state index contributed by atoms with van der Waals surface area (Å²) in [6, 6.07) is 3.69. The molecule has 0 radical (unpaired) electrons. The van der Waals surface area contributed by atoms with Crippen LogP contribution in [0.15, 0.2) is 30.9 Å². The molecule has 0 N–H and O–H groups in total. The predicted octanol–water partition coefficient (Wildman–Crippen LogP) is 1.59. The van der Waals surface area contributed by atoms with Gasteiger partial charge in [0, 0.05) is 38.1 Å². The molecule has 0 unspecified atom stereocenters. The van der Waals surface area contributed by atoms with Gasteiger partial charge in [0.2, 0.25) is 5.91 Å². The highest BCUT2D eigenvalue weighted by Crippen LogP contribution is 2.16.